The van der Waals surface area contributed by atoms with E-state index in [1.165, 1.54) is 4.90 Å². The van der Waals surface area contributed by atoms with Crippen LogP contribution in [0.25, 0.3) is 0 Å². The number of benzene rings is 1. The third-order valence-corrected chi connectivity index (χ3v) is 3.85. The summed E-state index contributed by atoms with van der Waals surface area (Å²) < 4.78 is 51.7. The first-order chi connectivity index (χ1) is 9.75. The first-order valence-electron chi connectivity index (χ1n) is 6.54. The maximum atomic E-state index is 13.7. The van der Waals surface area contributed by atoms with Crippen LogP contribution in [0.3, 0.4) is 0 Å². The fourth-order valence-corrected chi connectivity index (χ4v) is 2.56. The summed E-state index contributed by atoms with van der Waals surface area (Å²) in [6.45, 7) is 1.82. The predicted octanol–water partition coefficient (Wildman–Crippen LogP) is 2.69. The largest absolute Gasteiger partial charge is 0.416 e. The van der Waals surface area contributed by atoms with Gasteiger partial charge in [-0.25, -0.2) is 4.39 Å². The Bertz CT molecular complexity index is 544. The van der Waals surface area contributed by atoms with Crippen molar-refractivity contribution in [2.45, 2.75) is 25.6 Å². The van der Waals surface area contributed by atoms with E-state index in [9.17, 15) is 27.5 Å². The van der Waals surface area contributed by atoms with E-state index in [0.717, 1.165) is 0 Å². The van der Waals surface area contributed by atoms with Crippen LogP contribution in [0.4, 0.5) is 17.6 Å². The van der Waals surface area contributed by atoms with Gasteiger partial charge in [-0.3, -0.25) is 4.79 Å². The molecule has 2 unspecified atom stereocenters. The van der Waals surface area contributed by atoms with Crippen LogP contribution in [0.5, 0.6) is 0 Å². The Morgan fingerprint density at radius 1 is 1.43 bits per heavy atom. The minimum absolute atomic E-state index is 0.0211. The molecule has 1 saturated heterocycles. The highest BCUT2D eigenvalue weighted by atomic mass is 19.4. The average molecular weight is 305 g/mol. The van der Waals surface area contributed by atoms with Gasteiger partial charge in [0.25, 0.3) is 5.91 Å². The summed E-state index contributed by atoms with van der Waals surface area (Å²) in [4.78, 5) is 13.5. The van der Waals surface area contributed by atoms with Crippen LogP contribution >= 0.6 is 0 Å². The first-order valence-corrected chi connectivity index (χ1v) is 6.54. The van der Waals surface area contributed by atoms with Gasteiger partial charge in [0.2, 0.25) is 0 Å². The molecule has 0 radical (unpaired) electrons. The molecule has 2 rings (SSSR count). The van der Waals surface area contributed by atoms with Gasteiger partial charge in [-0.1, -0.05) is 6.92 Å². The lowest BCUT2D eigenvalue weighted by molar-refractivity contribution is -0.137. The second kappa shape index (κ2) is 5.63. The molecular weight excluding hydrogens is 290 g/mol. The Kier molecular flexibility index (Phi) is 4.22. The molecule has 1 aromatic carbocycles. The van der Waals surface area contributed by atoms with Gasteiger partial charge in [0.05, 0.1) is 23.8 Å². The number of aliphatic hydroxyl groups is 1. The number of nitrogens with zero attached hydrogens (tertiary/aromatic N) is 1. The number of halogens is 4. The molecule has 3 nitrogen and oxygen atoms in total. The van der Waals surface area contributed by atoms with Crippen LogP contribution in [0.15, 0.2) is 18.2 Å². The van der Waals surface area contributed by atoms with Crippen molar-refractivity contribution in [2.24, 2.45) is 5.92 Å². The van der Waals surface area contributed by atoms with Crippen molar-refractivity contribution >= 4 is 5.91 Å². The second-order valence-electron chi connectivity index (χ2n) is 5.21. The normalized spacial score (nSPS) is 22.7. The summed E-state index contributed by atoms with van der Waals surface area (Å²) in [7, 11) is 0. The molecule has 1 aliphatic rings. The van der Waals surface area contributed by atoms with Gasteiger partial charge in [0.1, 0.15) is 5.82 Å². The van der Waals surface area contributed by atoms with Crippen molar-refractivity contribution in [3.05, 3.63) is 35.1 Å². The Balaban J connectivity index is 2.35. The molecule has 2 atom stereocenters. The predicted molar refractivity (Wildman–Crippen MR) is 67.1 cm³/mol. The number of aliphatic hydroxyl groups excluding tert-OH is 1. The van der Waals surface area contributed by atoms with Gasteiger partial charge in [0.15, 0.2) is 0 Å². The Morgan fingerprint density at radius 2 is 2.10 bits per heavy atom. The van der Waals surface area contributed by atoms with Gasteiger partial charge >= 0.3 is 6.18 Å². The second-order valence-corrected chi connectivity index (χ2v) is 5.21. The van der Waals surface area contributed by atoms with Crippen molar-refractivity contribution in [1.82, 2.24) is 4.90 Å². The molecule has 1 heterocycles. The molecule has 116 valence electrons. The van der Waals surface area contributed by atoms with Gasteiger partial charge in [0, 0.05) is 6.54 Å². The van der Waals surface area contributed by atoms with Gasteiger partial charge in [-0.15, -0.1) is 0 Å². The number of hydrogen-bond acceptors (Lipinski definition) is 2. The van der Waals surface area contributed by atoms with E-state index in [0.29, 0.717) is 31.2 Å². The van der Waals surface area contributed by atoms with Crippen molar-refractivity contribution in [3.63, 3.8) is 0 Å². The topological polar surface area (TPSA) is 40.5 Å². The monoisotopic (exact) mass is 305 g/mol. The van der Waals surface area contributed by atoms with Crippen LogP contribution in [0, 0.1) is 11.7 Å². The van der Waals surface area contributed by atoms with Crippen LogP contribution in [0.2, 0.25) is 0 Å². The molecule has 1 N–H and O–H groups in total. The molecule has 1 aromatic rings. The number of hydrogen-bond donors (Lipinski definition) is 1. The smallest absolute Gasteiger partial charge is 0.394 e. The molecule has 0 aromatic heterocycles. The van der Waals surface area contributed by atoms with E-state index < -0.39 is 35.1 Å². The molecule has 0 saturated carbocycles. The van der Waals surface area contributed by atoms with Crippen LogP contribution in [-0.2, 0) is 6.18 Å². The summed E-state index contributed by atoms with van der Waals surface area (Å²) in [5, 5.41) is 9.29. The van der Waals surface area contributed by atoms with Crippen molar-refractivity contribution < 1.29 is 27.5 Å². The van der Waals surface area contributed by atoms with Crippen LogP contribution in [-0.4, -0.2) is 35.1 Å². The minimum atomic E-state index is -4.64. The third-order valence-electron chi connectivity index (χ3n) is 3.85. The minimum Gasteiger partial charge on any atom is -0.394 e. The van der Waals surface area contributed by atoms with Gasteiger partial charge in [-0.05, 0) is 30.5 Å². The SMILES string of the molecule is CC1CCN(C(=O)c2cc(C(F)(F)F)ccc2F)C1CO. The summed E-state index contributed by atoms with van der Waals surface area (Å²) in [5.74, 6) is -1.79. The van der Waals surface area contributed by atoms with Crippen molar-refractivity contribution in [1.29, 1.82) is 0 Å². The molecule has 0 bridgehead atoms. The van der Waals surface area contributed by atoms with Crippen LogP contribution < -0.4 is 0 Å². The third kappa shape index (κ3) is 3.02. The molecule has 1 fully saturated rings. The average Bonchev–Trinajstić information content (AvgIpc) is 2.78. The highest BCUT2D eigenvalue weighted by molar-refractivity contribution is 5.95. The fraction of sp³-hybridized carbons (Fsp3) is 0.500. The van der Waals surface area contributed by atoms with E-state index >= 15 is 0 Å². The van der Waals surface area contributed by atoms with Crippen LogP contribution in [0.1, 0.15) is 29.3 Å². The quantitative estimate of drug-likeness (QED) is 0.854. The fourth-order valence-electron chi connectivity index (χ4n) is 2.56. The number of carbonyl (C=O) groups excluding carboxylic acids is 1. The first kappa shape index (κ1) is 15.8. The maximum absolute atomic E-state index is 13.7. The molecule has 7 heteroatoms. The summed E-state index contributed by atoms with van der Waals surface area (Å²) in [5.41, 5.74) is -1.68. The number of carbonyl (C=O) groups is 1. The van der Waals surface area contributed by atoms with E-state index in [1.807, 2.05) is 6.92 Å². The van der Waals surface area contributed by atoms with Crippen molar-refractivity contribution in [3.8, 4) is 0 Å². The number of likely N-dealkylation sites (tertiary alicyclic amines) is 1. The standard InChI is InChI=1S/C14H15F4NO2/c1-8-4-5-19(12(8)7-20)13(21)10-6-9(14(16,17)18)2-3-11(10)15/h2-3,6,8,12,20H,4-5,7H2,1H3. The zero-order valence-corrected chi connectivity index (χ0v) is 11.3. The summed E-state index contributed by atoms with van der Waals surface area (Å²) in [6.07, 6.45) is -4.02. The lowest BCUT2D eigenvalue weighted by Gasteiger charge is -2.25. The summed E-state index contributed by atoms with van der Waals surface area (Å²) >= 11 is 0. The zero-order chi connectivity index (χ0) is 15.8. The maximum Gasteiger partial charge on any atom is 0.416 e. The lowest BCUT2D eigenvalue weighted by atomic mass is 10.0. The Hall–Kier alpha value is -1.63. The number of rotatable bonds is 2. The highest BCUT2D eigenvalue weighted by Gasteiger charge is 2.37. The number of alkyl halides is 3. The Morgan fingerprint density at radius 3 is 2.67 bits per heavy atom. The van der Waals surface area contributed by atoms with Gasteiger partial charge < -0.3 is 10.0 Å². The van der Waals surface area contributed by atoms with E-state index in [1.54, 1.807) is 0 Å². The zero-order valence-electron chi connectivity index (χ0n) is 11.3. The molecule has 0 spiro atoms. The van der Waals surface area contributed by atoms with E-state index in [2.05, 4.69) is 0 Å². The van der Waals surface area contributed by atoms with Gasteiger partial charge in [-0.2, -0.15) is 13.2 Å². The lowest BCUT2D eigenvalue weighted by Crippen LogP contribution is -2.40. The molecular formula is C14H15F4NO2. The van der Waals surface area contributed by atoms with Crippen molar-refractivity contribution in [2.75, 3.05) is 13.2 Å². The molecule has 1 aliphatic heterocycles. The highest BCUT2D eigenvalue weighted by Crippen LogP contribution is 2.32. The number of amides is 1. The Labute approximate surface area is 119 Å². The summed E-state index contributed by atoms with van der Waals surface area (Å²) in [6, 6.07) is 1.27. The van der Waals surface area contributed by atoms with E-state index in [4.69, 9.17) is 0 Å². The molecule has 0 aliphatic carbocycles. The molecule has 1 amide bonds. The van der Waals surface area contributed by atoms with E-state index in [-0.39, 0.29) is 12.5 Å². The molecule has 21 heavy (non-hydrogen) atoms.